The summed E-state index contributed by atoms with van der Waals surface area (Å²) >= 11 is 0. The van der Waals surface area contributed by atoms with Gasteiger partial charge >= 0.3 is 0 Å². The standard InChI is InChI=1S/C56H76O10/c1-5-9-13-17-63-53-41-29-42-34-50-39-47(54(42)64-18-14-10-6-2)32-48-40-52-36-44(56(48)66-20-16-12-8-4)30-43-35-51(61-27-23-58-24-28-62-52)38-46(55(43)65-19-15-11-7-3)31-45(53)37-49(33-41)59-25-21-57-22-26-60-50/h33-40H,5-32H2,1-4H3. The lowest BCUT2D eigenvalue weighted by Crippen LogP contribution is -2.15. The molecule has 2 heterocycles. The van der Waals surface area contributed by atoms with E-state index < -0.39 is 0 Å². The molecule has 66 heavy (non-hydrogen) atoms. The van der Waals surface area contributed by atoms with Gasteiger partial charge in [-0.2, -0.15) is 0 Å². The monoisotopic (exact) mass is 909 g/mol. The number of hydrogen-bond donors (Lipinski definition) is 0. The molecule has 0 amide bonds. The summed E-state index contributed by atoms with van der Waals surface area (Å²) in [6.45, 7) is 14.7. The molecule has 12 bridgehead atoms. The first-order chi connectivity index (χ1) is 32.6. The van der Waals surface area contributed by atoms with Crippen molar-refractivity contribution in [1.82, 2.24) is 0 Å². The van der Waals surface area contributed by atoms with Gasteiger partial charge in [0.1, 0.15) is 72.4 Å². The van der Waals surface area contributed by atoms with Crippen LogP contribution in [-0.2, 0) is 35.2 Å². The van der Waals surface area contributed by atoms with E-state index in [4.69, 9.17) is 47.4 Å². The number of fused-ring (bicyclic) bond motifs is 8. The van der Waals surface area contributed by atoms with Crippen molar-refractivity contribution >= 4 is 0 Å². The highest BCUT2D eigenvalue weighted by Gasteiger charge is 2.26. The van der Waals surface area contributed by atoms with Gasteiger partial charge in [0.05, 0.1) is 52.9 Å². The fourth-order valence-electron chi connectivity index (χ4n) is 9.02. The topological polar surface area (TPSA) is 92.3 Å². The molecule has 0 N–H and O–H groups in total. The fourth-order valence-corrected chi connectivity index (χ4v) is 9.02. The molecule has 1 aliphatic carbocycles. The summed E-state index contributed by atoms with van der Waals surface area (Å²) in [4.78, 5) is 0. The molecule has 0 atom stereocenters. The largest absolute Gasteiger partial charge is 0.493 e. The van der Waals surface area contributed by atoms with E-state index in [1.54, 1.807) is 0 Å². The molecular formula is C56H76O10. The smallest absolute Gasteiger partial charge is 0.126 e. The van der Waals surface area contributed by atoms with Crippen LogP contribution >= 0.6 is 0 Å². The molecule has 0 saturated carbocycles. The first-order valence-corrected chi connectivity index (χ1v) is 25.4. The summed E-state index contributed by atoms with van der Waals surface area (Å²) in [5.74, 6) is 6.58. The lowest BCUT2D eigenvalue weighted by Gasteiger charge is -2.25. The van der Waals surface area contributed by atoms with Crippen molar-refractivity contribution in [3.05, 3.63) is 93.0 Å². The second kappa shape index (κ2) is 26.5. The molecule has 0 unspecified atom stereocenters. The Morgan fingerprint density at radius 3 is 0.712 bits per heavy atom. The highest BCUT2D eigenvalue weighted by Crippen LogP contribution is 2.44. The molecule has 4 aromatic rings. The van der Waals surface area contributed by atoms with Gasteiger partial charge in [-0.15, -0.1) is 0 Å². The van der Waals surface area contributed by atoms with Crippen molar-refractivity contribution in [2.45, 2.75) is 130 Å². The summed E-state index contributed by atoms with van der Waals surface area (Å²) < 4.78 is 66.2. The third-order valence-electron chi connectivity index (χ3n) is 12.4. The summed E-state index contributed by atoms with van der Waals surface area (Å²) in [5.41, 5.74) is 8.20. The quantitative estimate of drug-likeness (QED) is 0.0703. The molecular weight excluding hydrogens is 833 g/mol. The normalized spacial score (nSPS) is 15.0. The van der Waals surface area contributed by atoms with Crippen molar-refractivity contribution in [2.75, 3.05) is 79.3 Å². The van der Waals surface area contributed by atoms with E-state index in [9.17, 15) is 0 Å². The van der Waals surface area contributed by atoms with Gasteiger partial charge in [0.15, 0.2) is 0 Å². The molecule has 2 aliphatic heterocycles. The van der Waals surface area contributed by atoms with Crippen molar-refractivity contribution in [3.8, 4) is 46.0 Å². The number of unbranched alkanes of at least 4 members (excludes halogenated alkanes) is 8. The van der Waals surface area contributed by atoms with E-state index >= 15 is 0 Å². The molecule has 0 radical (unpaired) electrons. The molecule has 10 nitrogen and oxygen atoms in total. The number of benzene rings is 4. The maximum Gasteiger partial charge on any atom is 0.126 e. The predicted octanol–water partition coefficient (Wildman–Crippen LogP) is 12.2. The van der Waals surface area contributed by atoms with Crippen LogP contribution in [0, 0.1) is 0 Å². The fraction of sp³-hybridized carbons (Fsp3) is 0.571. The van der Waals surface area contributed by atoms with Crippen LogP contribution in [0.25, 0.3) is 0 Å². The molecule has 0 aromatic heterocycles. The zero-order valence-corrected chi connectivity index (χ0v) is 40.5. The second-order valence-electron chi connectivity index (χ2n) is 17.8. The number of rotatable bonds is 20. The Balaban J connectivity index is 1.52. The molecule has 360 valence electrons. The maximum absolute atomic E-state index is 6.99. The Labute approximate surface area is 394 Å². The van der Waals surface area contributed by atoms with Crippen LogP contribution in [0.15, 0.2) is 48.5 Å². The lowest BCUT2D eigenvalue weighted by atomic mass is 9.90. The average molecular weight is 909 g/mol. The van der Waals surface area contributed by atoms with E-state index in [1.807, 2.05) is 0 Å². The van der Waals surface area contributed by atoms with Gasteiger partial charge in [-0.05, 0) is 74.2 Å². The summed E-state index contributed by atoms with van der Waals surface area (Å²) in [6.07, 6.45) is 14.7. The van der Waals surface area contributed by atoms with Crippen LogP contribution in [0.2, 0.25) is 0 Å². The summed E-state index contributed by atoms with van der Waals surface area (Å²) in [6, 6.07) is 17.2. The minimum Gasteiger partial charge on any atom is -0.493 e. The van der Waals surface area contributed by atoms with Crippen LogP contribution in [0.5, 0.6) is 46.0 Å². The van der Waals surface area contributed by atoms with Gasteiger partial charge in [-0.1, -0.05) is 79.1 Å². The second-order valence-corrected chi connectivity index (χ2v) is 17.8. The van der Waals surface area contributed by atoms with Gasteiger partial charge in [0.2, 0.25) is 0 Å². The molecule has 4 aromatic carbocycles. The van der Waals surface area contributed by atoms with E-state index in [0.29, 0.717) is 105 Å². The summed E-state index contributed by atoms with van der Waals surface area (Å²) in [5, 5.41) is 0. The van der Waals surface area contributed by atoms with Crippen LogP contribution in [0.3, 0.4) is 0 Å². The van der Waals surface area contributed by atoms with Gasteiger partial charge < -0.3 is 47.4 Å². The van der Waals surface area contributed by atoms with Crippen LogP contribution in [-0.4, -0.2) is 79.3 Å². The van der Waals surface area contributed by atoms with Gasteiger partial charge in [-0.3, -0.25) is 0 Å². The molecule has 3 aliphatic rings. The van der Waals surface area contributed by atoms with Crippen LogP contribution in [0.4, 0.5) is 0 Å². The minimum atomic E-state index is 0.407. The first kappa shape index (κ1) is 49.1. The van der Waals surface area contributed by atoms with E-state index in [0.717, 1.165) is 168 Å². The first-order valence-electron chi connectivity index (χ1n) is 25.4. The molecule has 0 saturated heterocycles. The maximum atomic E-state index is 6.99. The third kappa shape index (κ3) is 14.1. The van der Waals surface area contributed by atoms with E-state index in [-0.39, 0.29) is 0 Å². The van der Waals surface area contributed by atoms with Crippen molar-refractivity contribution in [1.29, 1.82) is 0 Å². The Bertz CT molecular complexity index is 1820. The molecule has 0 fully saturated rings. The predicted molar refractivity (Wildman–Crippen MR) is 261 cm³/mol. The molecule has 10 heteroatoms. The number of hydrogen-bond acceptors (Lipinski definition) is 10. The van der Waals surface area contributed by atoms with Gasteiger partial charge in [0, 0.05) is 70.2 Å². The Morgan fingerprint density at radius 1 is 0.303 bits per heavy atom. The minimum absolute atomic E-state index is 0.407. The SMILES string of the molecule is CCCCCOc1c2cc3cc1Cc1cc4cc(c1OCCCCC)Cc1cc(cc(c1OCCCCC)Cc1cc(cc(c1OCCCCC)C2)OCCOCCO3)OCCOCCO4. The van der Waals surface area contributed by atoms with Gasteiger partial charge in [-0.25, -0.2) is 0 Å². The van der Waals surface area contributed by atoms with E-state index in [2.05, 4.69) is 76.2 Å². The van der Waals surface area contributed by atoms with Gasteiger partial charge in [0.25, 0.3) is 0 Å². The highest BCUT2D eigenvalue weighted by atomic mass is 16.6. The van der Waals surface area contributed by atoms with Crippen molar-refractivity contribution < 1.29 is 47.4 Å². The van der Waals surface area contributed by atoms with E-state index in [1.165, 1.54) is 0 Å². The Morgan fingerprint density at radius 2 is 0.515 bits per heavy atom. The highest BCUT2D eigenvalue weighted by molar-refractivity contribution is 5.60. The molecule has 0 spiro atoms. The average Bonchev–Trinajstić information content (AvgIpc) is 3.30. The Hall–Kier alpha value is -4.80. The molecule has 7 rings (SSSR count). The van der Waals surface area contributed by atoms with Crippen molar-refractivity contribution in [3.63, 3.8) is 0 Å². The zero-order valence-electron chi connectivity index (χ0n) is 40.5. The summed E-state index contributed by atoms with van der Waals surface area (Å²) in [7, 11) is 0. The zero-order chi connectivity index (χ0) is 45.8. The number of ether oxygens (including phenoxy) is 10. The third-order valence-corrected chi connectivity index (χ3v) is 12.4. The van der Waals surface area contributed by atoms with Crippen molar-refractivity contribution in [2.24, 2.45) is 0 Å². The Kier molecular flexibility index (Phi) is 19.7. The van der Waals surface area contributed by atoms with Crippen LogP contribution < -0.4 is 37.9 Å². The lowest BCUT2D eigenvalue weighted by molar-refractivity contribution is 0.0762. The van der Waals surface area contributed by atoms with Crippen LogP contribution in [0.1, 0.15) is 149 Å².